The van der Waals surface area contributed by atoms with Gasteiger partial charge in [-0.3, -0.25) is 4.79 Å². The van der Waals surface area contributed by atoms with Gasteiger partial charge in [0.2, 0.25) is 5.91 Å². The fraction of sp³-hybridized carbons (Fsp3) is 0.417. The van der Waals surface area contributed by atoms with Crippen molar-refractivity contribution >= 4 is 18.5 Å². The molecule has 0 atom stereocenters. The number of carbonyl (C=O) groups is 1. The molecule has 0 bridgehead atoms. The third-order valence-corrected chi connectivity index (χ3v) is 2.75. The molecule has 1 aromatic carbocycles. The van der Waals surface area contributed by atoms with Crippen LogP contribution in [0.4, 0.5) is 13.2 Å². The summed E-state index contributed by atoms with van der Waals surface area (Å²) in [4.78, 5) is 13.5. The second kappa shape index (κ2) is 6.13. The van der Waals surface area contributed by atoms with Crippen LogP contribution in [0, 0.1) is 0 Å². The lowest BCUT2D eigenvalue weighted by atomic mass is 10.1. The molecule has 0 saturated carbocycles. The molecule has 0 aliphatic heterocycles. The molecule has 0 N–H and O–H groups in total. The number of halogens is 3. The largest absolute Gasteiger partial charge is 0.390 e. The number of hydrogen-bond acceptors (Lipinski definition) is 2. The van der Waals surface area contributed by atoms with Crippen LogP contribution in [0.3, 0.4) is 0 Å². The molecule has 0 aromatic heterocycles. The fourth-order valence-corrected chi connectivity index (χ4v) is 1.49. The van der Waals surface area contributed by atoms with E-state index in [9.17, 15) is 18.0 Å². The lowest BCUT2D eigenvalue weighted by molar-refractivity contribution is -0.143. The van der Waals surface area contributed by atoms with E-state index in [1.54, 1.807) is 24.3 Å². The topological polar surface area (TPSA) is 20.3 Å². The van der Waals surface area contributed by atoms with Gasteiger partial charge in [0.05, 0.1) is 12.8 Å². The zero-order valence-electron chi connectivity index (χ0n) is 9.87. The molecule has 2 nitrogen and oxygen atoms in total. The van der Waals surface area contributed by atoms with Crippen LogP contribution in [-0.4, -0.2) is 30.6 Å². The number of likely N-dealkylation sites (N-methyl/N-ethyl adjacent to an activating group) is 1. The predicted molar refractivity (Wildman–Crippen MR) is 65.7 cm³/mol. The Bertz CT molecular complexity index is 403. The molecule has 0 radical (unpaired) electrons. The number of amides is 1. The smallest absolute Gasteiger partial charge is 0.345 e. The third kappa shape index (κ3) is 5.44. The highest BCUT2D eigenvalue weighted by atomic mass is 32.1. The Hall–Kier alpha value is -1.17. The Kier molecular flexibility index (Phi) is 5.07. The van der Waals surface area contributed by atoms with Gasteiger partial charge in [-0.05, 0) is 17.7 Å². The van der Waals surface area contributed by atoms with Gasteiger partial charge >= 0.3 is 6.18 Å². The summed E-state index contributed by atoms with van der Waals surface area (Å²) in [5.74, 6) is -0.328. The lowest BCUT2D eigenvalue weighted by Crippen LogP contribution is -2.31. The number of thiol groups is 1. The van der Waals surface area contributed by atoms with Gasteiger partial charge in [0, 0.05) is 18.5 Å². The van der Waals surface area contributed by atoms with E-state index < -0.39 is 12.6 Å². The Morgan fingerprint density at radius 1 is 1.28 bits per heavy atom. The van der Waals surface area contributed by atoms with Crippen LogP contribution in [0.5, 0.6) is 0 Å². The number of rotatable bonds is 4. The zero-order chi connectivity index (χ0) is 13.8. The molecule has 0 aliphatic rings. The average molecular weight is 277 g/mol. The highest BCUT2D eigenvalue weighted by Crippen LogP contribution is 2.19. The standard InChI is InChI=1S/C12H14F3NOS/c1-16(7-6-12(13,14)15)11(17)8-9-2-4-10(18)5-3-9/h2-5,18H,6-8H2,1H3. The summed E-state index contributed by atoms with van der Waals surface area (Å²) >= 11 is 4.11. The highest BCUT2D eigenvalue weighted by molar-refractivity contribution is 7.80. The van der Waals surface area contributed by atoms with Crippen molar-refractivity contribution in [2.75, 3.05) is 13.6 Å². The van der Waals surface area contributed by atoms with Gasteiger partial charge in [-0.25, -0.2) is 0 Å². The first-order valence-corrected chi connectivity index (χ1v) is 5.81. The minimum absolute atomic E-state index is 0.0996. The number of alkyl halides is 3. The molecule has 1 aromatic rings. The van der Waals surface area contributed by atoms with Crippen LogP contribution in [0.15, 0.2) is 29.2 Å². The van der Waals surface area contributed by atoms with Crippen LogP contribution in [0.2, 0.25) is 0 Å². The molecule has 6 heteroatoms. The van der Waals surface area contributed by atoms with Crippen molar-refractivity contribution < 1.29 is 18.0 Å². The summed E-state index contributed by atoms with van der Waals surface area (Å²) in [6.07, 6.45) is -5.12. The van der Waals surface area contributed by atoms with E-state index in [2.05, 4.69) is 12.6 Å². The van der Waals surface area contributed by atoms with Crippen molar-refractivity contribution in [3.63, 3.8) is 0 Å². The Morgan fingerprint density at radius 3 is 2.33 bits per heavy atom. The summed E-state index contributed by atoms with van der Waals surface area (Å²) in [6, 6.07) is 6.94. The van der Waals surface area contributed by atoms with Crippen molar-refractivity contribution in [1.29, 1.82) is 0 Å². The third-order valence-electron chi connectivity index (χ3n) is 2.45. The van der Waals surface area contributed by atoms with E-state index in [4.69, 9.17) is 0 Å². The molecule has 100 valence electrons. The van der Waals surface area contributed by atoms with E-state index in [0.29, 0.717) is 0 Å². The Labute approximate surface area is 109 Å². The molecule has 0 aliphatic carbocycles. The average Bonchev–Trinajstić information content (AvgIpc) is 2.28. The minimum atomic E-state index is -4.23. The van der Waals surface area contributed by atoms with Crippen molar-refractivity contribution in [3.05, 3.63) is 29.8 Å². The second-order valence-corrected chi connectivity index (χ2v) is 4.54. The summed E-state index contributed by atoms with van der Waals surface area (Å²) < 4.78 is 36.0. The molecular formula is C12H14F3NOS. The Morgan fingerprint density at radius 2 is 1.83 bits per heavy atom. The van der Waals surface area contributed by atoms with Gasteiger partial charge in [-0.2, -0.15) is 13.2 Å². The molecular weight excluding hydrogens is 263 g/mol. The SMILES string of the molecule is CN(CCC(F)(F)F)C(=O)Cc1ccc(S)cc1. The van der Waals surface area contributed by atoms with E-state index in [1.807, 2.05) is 0 Å². The number of carbonyl (C=O) groups excluding carboxylic acids is 1. The summed E-state index contributed by atoms with van der Waals surface area (Å²) in [5.41, 5.74) is 0.761. The number of benzene rings is 1. The van der Waals surface area contributed by atoms with E-state index in [0.717, 1.165) is 15.4 Å². The first-order chi connectivity index (χ1) is 8.28. The first kappa shape index (κ1) is 14.9. The normalized spacial score (nSPS) is 11.4. The molecule has 18 heavy (non-hydrogen) atoms. The number of hydrogen-bond donors (Lipinski definition) is 1. The first-order valence-electron chi connectivity index (χ1n) is 5.36. The van der Waals surface area contributed by atoms with Gasteiger partial charge in [0.25, 0.3) is 0 Å². The van der Waals surface area contributed by atoms with Crippen LogP contribution < -0.4 is 0 Å². The van der Waals surface area contributed by atoms with Crippen LogP contribution in [0.1, 0.15) is 12.0 Å². The lowest BCUT2D eigenvalue weighted by Gasteiger charge is -2.18. The quantitative estimate of drug-likeness (QED) is 0.839. The zero-order valence-corrected chi connectivity index (χ0v) is 10.8. The maximum Gasteiger partial charge on any atom is 0.390 e. The molecule has 1 rings (SSSR count). The Balaban J connectivity index is 2.47. The van der Waals surface area contributed by atoms with Crippen molar-refractivity contribution in [1.82, 2.24) is 4.90 Å². The summed E-state index contributed by atoms with van der Waals surface area (Å²) in [5, 5.41) is 0. The van der Waals surface area contributed by atoms with Gasteiger partial charge in [0.1, 0.15) is 0 Å². The van der Waals surface area contributed by atoms with Crippen molar-refractivity contribution in [2.24, 2.45) is 0 Å². The van der Waals surface area contributed by atoms with Crippen LogP contribution >= 0.6 is 12.6 Å². The maximum absolute atomic E-state index is 12.0. The van der Waals surface area contributed by atoms with Gasteiger partial charge < -0.3 is 4.90 Å². The summed E-state index contributed by atoms with van der Waals surface area (Å²) in [7, 11) is 1.38. The second-order valence-electron chi connectivity index (χ2n) is 4.02. The molecule has 0 saturated heterocycles. The minimum Gasteiger partial charge on any atom is -0.345 e. The molecule has 0 unspecified atom stereocenters. The van der Waals surface area contributed by atoms with Gasteiger partial charge in [-0.1, -0.05) is 12.1 Å². The van der Waals surface area contributed by atoms with Crippen LogP contribution in [0.25, 0.3) is 0 Å². The molecule has 0 heterocycles. The van der Waals surface area contributed by atoms with Crippen LogP contribution in [-0.2, 0) is 11.2 Å². The molecule has 1 amide bonds. The maximum atomic E-state index is 12.0. The van der Waals surface area contributed by atoms with Gasteiger partial charge in [-0.15, -0.1) is 12.6 Å². The number of nitrogens with zero attached hydrogens (tertiary/aromatic N) is 1. The molecule has 0 fully saturated rings. The van der Waals surface area contributed by atoms with E-state index in [-0.39, 0.29) is 18.9 Å². The predicted octanol–water partition coefficient (Wildman–Crippen LogP) is 2.93. The van der Waals surface area contributed by atoms with E-state index in [1.165, 1.54) is 7.05 Å². The molecule has 0 spiro atoms. The van der Waals surface area contributed by atoms with E-state index >= 15 is 0 Å². The van der Waals surface area contributed by atoms with Crippen molar-refractivity contribution in [3.8, 4) is 0 Å². The monoisotopic (exact) mass is 277 g/mol. The summed E-state index contributed by atoms with van der Waals surface area (Å²) in [6.45, 7) is -0.313. The fourth-order valence-electron chi connectivity index (χ4n) is 1.34. The van der Waals surface area contributed by atoms with Gasteiger partial charge in [0.15, 0.2) is 0 Å². The highest BCUT2D eigenvalue weighted by Gasteiger charge is 2.27. The van der Waals surface area contributed by atoms with Crippen molar-refractivity contribution in [2.45, 2.75) is 23.9 Å².